The summed E-state index contributed by atoms with van der Waals surface area (Å²) in [5.74, 6) is 0.821. The van der Waals surface area contributed by atoms with Gasteiger partial charge < -0.3 is 15.0 Å². The fourth-order valence-corrected chi connectivity index (χ4v) is 2.36. The number of esters is 1. The fraction of sp³-hybridized carbons (Fsp3) is 0.538. The summed E-state index contributed by atoms with van der Waals surface area (Å²) in [6.45, 7) is 2.33. The molecule has 1 saturated heterocycles. The number of methoxy groups -OCH3 is 1. The van der Waals surface area contributed by atoms with Crippen LogP contribution < -0.4 is 10.2 Å². The Balaban J connectivity index is 2.11. The molecule has 0 spiro atoms. The maximum absolute atomic E-state index is 11.5. The maximum Gasteiger partial charge on any atom is 0.310 e. The summed E-state index contributed by atoms with van der Waals surface area (Å²) in [6.07, 6.45) is 2.63. The zero-order chi connectivity index (χ0) is 13.0. The van der Waals surface area contributed by atoms with Crippen LogP contribution in [0.2, 0.25) is 0 Å². The van der Waals surface area contributed by atoms with E-state index in [9.17, 15) is 4.79 Å². The van der Waals surface area contributed by atoms with Gasteiger partial charge in [0.1, 0.15) is 5.82 Å². The number of rotatable bonds is 4. The van der Waals surface area contributed by atoms with Crippen LogP contribution in [0.5, 0.6) is 0 Å². The standard InChI is InChI=1S/C13H19N3O2/c1-14-8-10-4-3-6-15-12(10)16-7-5-11(9-16)13(17)18-2/h3-4,6,11,14H,5,7-9H2,1-2H3. The van der Waals surface area contributed by atoms with Crippen LogP contribution in [-0.2, 0) is 16.1 Å². The van der Waals surface area contributed by atoms with Crippen molar-refractivity contribution in [3.8, 4) is 0 Å². The minimum Gasteiger partial charge on any atom is -0.469 e. The maximum atomic E-state index is 11.5. The predicted molar refractivity (Wildman–Crippen MR) is 69.3 cm³/mol. The smallest absolute Gasteiger partial charge is 0.310 e. The van der Waals surface area contributed by atoms with Crippen molar-refractivity contribution in [2.75, 3.05) is 32.1 Å². The monoisotopic (exact) mass is 249 g/mol. The van der Waals surface area contributed by atoms with E-state index in [1.807, 2.05) is 13.1 Å². The fourth-order valence-electron chi connectivity index (χ4n) is 2.36. The Bertz CT molecular complexity index is 422. The lowest BCUT2D eigenvalue weighted by Crippen LogP contribution is -2.25. The van der Waals surface area contributed by atoms with E-state index in [4.69, 9.17) is 4.74 Å². The summed E-state index contributed by atoms with van der Waals surface area (Å²) >= 11 is 0. The number of carbonyl (C=O) groups excluding carboxylic acids is 1. The Kier molecular flexibility index (Phi) is 4.15. The van der Waals surface area contributed by atoms with E-state index in [-0.39, 0.29) is 11.9 Å². The molecule has 1 unspecified atom stereocenters. The molecular weight excluding hydrogens is 230 g/mol. The van der Waals surface area contributed by atoms with E-state index >= 15 is 0 Å². The van der Waals surface area contributed by atoms with Gasteiger partial charge in [-0.1, -0.05) is 6.07 Å². The van der Waals surface area contributed by atoms with Gasteiger partial charge in [-0.25, -0.2) is 4.98 Å². The van der Waals surface area contributed by atoms with Gasteiger partial charge >= 0.3 is 5.97 Å². The Hall–Kier alpha value is -1.62. The van der Waals surface area contributed by atoms with Crippen molar-refractivity contribution in [2.24, 2.45) is 5.92 Å². The molecule has 1 aromatic heterocycles. The Morgan fingerprint density at radius 2 is 2.50 bits per heavy atom. The van der Waals surface area contributed by atoms with E-state index in [1.165, 1.54) is 7.11 Å². The normalized spacial score (nSPS) is 19.0. The lowest BCUT2D eigenvalue weighted by Gasteiger charge is -2.20. The number of hydrogen-bond acceptors (Lipinski definition) is 5. The van der Waals surface area contributed by atoms with Gasteiger partial charge in [0, 0.05) is 31.4 Å². The van der Waals surface area contributed by atoms with Crippen LogP contribution in [0, 0.1) is 5.92 Å². The van der Waals surface area contributed by atoms with Crippen LogP contribution in [0.4, 0.5) is 5.82 Å². The molecule has 2 heterocycles. The van der Waals surface area contributed by atoms with Gasteiger partial charge in [-0.15, -0.1) is 0 Å². The van der Waals surface area contributed by atoms with Crippen LogP contribution >= 0.6 is 0 Å². The van der Waals surface area contributed by atoms with Crippen LogP contribution in [-0.4, -0.2) is 38.2 Å². The summed E-state index contributed by atoms with van der Waals surface area (Å²) in [5.41, 5.74) is 1.16. The second-order valence-corrected chi connectivity index (χ2v) is 4.47. The quantitative estimate of drug-likeness (QED) is 0.800. The molecule has 18 heavy (non-hydrogen) atoms. The second-order valence-electron chi connectivity index (χ2n) is 4.47. The number of hydrogen-bond donors (Lipinski definition) is 1. The molecule has 0 bridgehead atoms. The van der Waals surface area contributed by atoms with Gasteiger partial charge in [0.25, 0.3) is 0 Å². The SMILES string of the molecule is CNCc1cccnc1N1CCC(C(=O)OC)C1. The summed E-state index contributed by atoms with van der Waals surface area (Å²) in [4.78, 5) is 18.1. The number of anilines is 1. The number of nitrogens with zero attached hydrogens (tertiary/aromatic N) is 2. The van der Waals surface area contributed by atoms with E-state index in [1.54, 1.807) is 6.20 Å². The summed E-state index contributed by atoms with van der Waals surface area (Å²) in [7, 11) is 3.36. The van der Waals surface area contributed by atoms with Gasteiger partial charge in [-0.05, 0) is 19.5 Å². The van der Waals surface area contributed by atoms with Crippen molar-refractivity contribution < 1.29 is 9.53 Å². The number of carbonyl (C=O) groups is 1. The molecule has 1 fully saturated rings. The summed E-state index contributed by atoms with van der Waals surface area (Å²) < 4.78 is 4.80. The summed E-state index contributed by atoms with van der Waals surface area (Å²) in [6, 6.07) is 3.99. The predicted octanol–water partition coefficient (Wildman–Crippen LogP) is 0.800. The molecule has 2 rings (SSSR count). The minimum atomic E-state index is -0.122. The first kappa shape index (κ1) is 12.8. The number of nitrogens with one attached hydrogen (secondary N) is 1. The number of ether oxygens (including phenoxy) is 1. The molecule has 1 aliphatic rings. The molecule has 1 aromatic rings. The molecule has 5 nitrogen and oxygen atoms in total. The average molecular weight is 249 g/mol. The zero-order valence-corrected chi connectivity index (χ0v) is 10.8. The van der Waals surface area contributed by atoms with Gasteiger partial charge in [0.2, 0.25) is 0 Å². The molecule has 5 heteroatoms. The van der Waals surface area contributed by atoms with E-state index < -0.39 is 0 Å². The molecule has 1 atom stereocenters. The summed E-state index contributed by atoms with van der Waals surface area (Å²) in [5, 5.41) is 3.13. The van der Waals surface area contributed by atoms with Crippen LogP contribution in [0.1, 0.15) is 12.0 Å². The average Bonchev–Trinajstić information content (AvgIpc) is 2.88. The molecule has 0 amide bonds. The Morgan fingerprint density at radius 1 is 1.67 bits per heavy atom. The molecule has 0 aliphatic carbocycles. The van der Waals surface area contributed by atoms with Gasteiger partial charge in [-0.3, -0.25) is 4.79 Å². The topological polar surface area (TPSA) is 54.5 Å². The van der Waals surface area contributed by atoms with Crippen LogP contribution in [0.15, 0.2) is 18.3 Å². The first-order valence-electron chi connectivity index (χ1n) is 6.17. The Labute approximate surface area is 107 Å². The number of aromatic nitrogens is 1. The van der Waals surface area contributed by atoms with E-state index in [0.29, 0.717) is 6.54 Å². The van der Waals surface area contributed by atoms with Crippen molar-refractivity contribution in [1.82, 2.24) is 10.3 Å². The third-order valence-electron chi connectivity index (χ3n) is 3.26. The highest BCUT2D eigenvalue weighted by atomic mass is 16.5. The van der Waals surface area contributed by atoms with Gasteiger partial charge in [0.15, 0.2) is 0 Å². The highest BCUT2D eigenvalue weighted by Crippen LogP contribution is 2.25. The van der Waals surface area contributed by atoms with Crippen molar-refractivity contribution >= 4 is 11.8 Å². The van der Waals surface area contributed by atoms with Gasteiger partial charge in [0.05, 0.1) is 13.0 Å². The first-order valence-corrected chi connectivity index (χ1v) is 6.17. The van der Waals surface area contributed by atoms with Crippen LogP contribution in [0.25, 0.3) is 0 Å². The van der Waals surface area contributed by atoms with E-state index in [2.05, 4.69) is 21.3 Å². The Morgan fingerprint density at radius 3 is 3.22 bits per heavy atom. The van der Waals surface area contributed by atoms with E-state index in [0.717, 1.165) is 30.9 Å². The highest BCUT2D eigenvalue weighted by molar-refractivity contribution is 5.74. The van der Waals surface area contributed by atoms with Crippen molar-refractivity contribution in [1.29, 1.82) is 0 Å². The van der Waals surface area contributed by atoms with Crippen molar-refractivity contribution in [3.63, 3.8) is 0 Å². The largest absolute Gasteiger partial charge is 0.469 e. The first-order chi connectivity index (χ1) is 8.76. The third kappa shape index (κ3) is 2.61. The molecule has 1 N–H and O–H groups in total. The third-order valence-corrected chi connectivity index (χ3v) is 3.26. The van der Waals surface area contributed by atoms with Crippen LogP contribution in [0.3, 0.4) is 0 Å². The molecule has 0 radical (unpaired) electrons. The van der Waals surface area contributed by atoms with Crippen molar-refractivity contribution in [3.05, 3.63) is 23.9 Å². The number of pyridine rings is 1. The molecular formula is C13H19N3O2. The second kappa shape index (κ2) is 5.82. The van der Waals surface area contributed by atoms with Gasteiger partial charge in [-0.2, -0.15) is 0 Å². The lowest BCUT2D eigenvalue weighted by atomic mass is 10.1. The molecule has 1 aliphatic heterocycles. The lowest BCUT2D eigenvalue weighted by molar-refractivity contribution is -0.144. The van der Waals surface area contributed by atoms with Crippen molar-refractivity contribution in [2.45, 2.75) is 13.0 Å². The minimum absolute atomic E-state index is 0.0283. The molecule has 0 aromatic carbocycles. The molecule has 0 saturated carbocycles. The molecule has 98 valence electrons. The highest BCUT2D eigenvalue weighted by Gasteiger charge is 2.30. The zero-order valence-electron chi connectivity index (χ0n) is 10.8.